The van der Waals surface area contributed by atoms with Crippen LogP contribution in [-0.4, -0.2) is 35.0 Å². The molecular formula is C10H17NS. The van der Waals surface area contributed by atoms with E-state index in [0.29, 0.717) is 0 Å². The zero-order valence-corrected chi connectivity index (χ0v) is 8.52. The Morgan fingerprint density at radius 3 is 2.67 bits per heavy atom. The van der Waals surface area contributed by atoms with Crippen LogP contribution in [0.5, 0.6) is 0 Å². The molecule has 2 saturated heterocycles. The topological polar surface area (TPSA) is 3.24 Å². The van der Waals surface area contributed by atoms with Gasteiger partial charge in [0.15, 0.2) is 0 Å². The van der Waals surface area contributed by atoms with Crippen LogP contribution in [0, 0.1) is 11.8 Å². The van der Waals surface area contributed by atoms with Crippen LogP contribution in [0.15, 0.2) is 0 Å². The fraction of sp³-hybridized carbons (Fsp3) is 1.00. The molecule has 3 rings (SSSR count). The lowest BCUT2D eigenvalue weighted by atomic mass is 9.75. The zero-order valence-electron chi connectivity index (χ0n) is 7.70. The number of rotatable bonds is 2. The Kier molecular flexibility index (Phi) is 1.70. The van der Waals surface area contributed by atoms with Gasteiger partial charge in [-0.1, -0.05) is 6.92 Å². The van der Waals surface area contributed by atoms with E-state index in [-0.39, 0.29) is 0 Å². The molecule has 3 aliphatic rings. The Morgan fingerprint density at radius 2 is 2.25 bits per heavy atom. The van der Waals surface area contributed by atoms with E-state index in [4.69, 9.17) is 0 Å². The summed E-state index contributed by atoms with van der Waals surface area (Å²) < 4.78 is 0. The van der Waals surface area contributed by atoms with Crippen LogP contribution < -0.4 is 0 Å². The molecule has 2 heterocycles. The summed E-state index contributed by atoms with van der Waals surface area (Å²) in [6, 6.07) is 1.01. The van der Waals surface area contributed by atoms with E-state index in [1.54, 1.807) is 0 Å². The maximum Gasteiger partial charge on any atom is 0.0339 e. The monoisotopic (exact) mass is 183 g/mol. The Balaban J connectivity index is 1.45. The Labute approximate surface area is 78.9 Å². The maximum absolute atomic E-state index is 2.72. The summed E-state index contributed by atoms with van der Waals surface area (Å²) in [5.74, 6) is 3.52. The molecule has 2 atom stereocenters. The van der Waals surface area contributed by atoms with Crippen molar-refractivity contribution >= 4 is 11.8 Å². The average Bonchev–Trinajstić information content (AvgIpc) is 1.95. The molecule has 0 amide bonds. The van der Waals surface area contributed by atoms with Gasteiger partial charge in [0.05, 0.1) is 0 Å². The highest BCUT2D eigenvalue weighted by molar-refractivity contribution is 8.01. The molecular weight excluding hydrogens is 166 g/mol. The largest absolute Gasteiger partial charge is 0.297 e. The smallest absolute Gasteiger partial charge is 0.0339 e. The lowest BCUT2D eigenvalue weighted by Gasteiger charge is -2.56. The summed E-state index contributed by atoms with van der Waals surface area (Å²) >= 11 is 2.17. The molecule has 0 bridgehead atoms. The fourth-order valence-corrected chi connectivity index (χ4v) is 4.14. The van der Waals surface area contributed by atoms with Gasteiger partial charge in [-0.15, -0.1) is 0 Å². The fourth-order valence-electron chi connectivity index (χ4n) is 2.82. The van der Waals surface area contributed by atoms with Crippen LogP contribution in [0.2, 0.25) is 0 Å². The molecule has 1 aliphatic carbocycles. The van der Waals surface area contributed by atoms with Crippen molar-refractivity contribution in [3.05, 3.63) is 0 Å². The van der Waals surface area contributed by atoms with E-state index in [1.807, 2.05) is 0 Å². The van der Waals surface area contributed by atoms with Crippen molar-refractivity contribution in [2.45, 2.75) is 31.1 Å². The van der Waals surface area contributed by atoms with Gasteiger partial charge >= 0.3 is 0 Å². The van der Waals surface area contributed by atoms with Gasteiger partial charge in [-0.05, 0) is 24.7 Å². The summed E-state index contributed by atoms with van der Waals surface area (Å²) in [6.07, 6.45) is 3.00. The molecule has 0 spiro atoms. The molecule has 68 valence electrons. The Morgan fingerprint density at radius 1 is 1.42 bits per heavy atom. The van der Waals surface area contributed by atoms with Crippen LogP contribution in [0.4, 0.5) is 0 Å². The number of likely N-dealkylation sites (tertiary alicyclic amines) is 1. The highest BCUT2D eigenvalue weighted by atomic mass is 32.2. The van der Waals surface area contributed by atoms with Crippen LogP contribution in [0.3, 0.4) is 0 Å². The molecule has 1 unspecified atom stereocenters. The minimum atomic E-state index is 1.01. The zero-order chi connectivity index (χ0) is 8.13. The number of fused-ring (bicyclic) bond motifs is 1. The predicted octanol–water partition coefficient (Wildman–Crippen LogP) is 1.83. The van der Waals surface area contributed by atoms with Crippen molar-refractivity contribution < 1.29 is 0 Å². The second-order valence-electron chi connectivity index (χ2n) is 4.84. The highest BCUT2D eigenvalue weighted by Gasteiger charge is 2.47. The van der Waals surface area contributed by atoms with E-state index >= 15 is 0 Å². The molecule has 12 heavy (non-hydrogen) atoms. The van der Waals surface area contributed by atoms with Gasteiger partial charge in [0.25, 0.3) is 0 Å². The molecule has 1 nitrogen and oxygen atoms in total. The number of nitrogens with zero attached hydrogens (tertiary/aromatic N) is 1. The first kappa shape index (κ1) is 7.69. The molecule has 2 heteroatoms. The second-order valence-corrected chi connectivity index (χ2v) is 6.11. The molecule has 3 fully saturated rings. The lowest BCUT2D eigenvalue weighted by Crippen LogP contribution is -2.66. The van der Waals surface area contributed by atoms with Crippen LogP contribution in [0.25, 0.3) is 0 Å². The van der Waals surface area contributed by atoms with Crippen molar-refractivity contribution in [3.63, 3.8) is 0 Å². The molecule has 0 radical (unpaired) electrons. The predicted molar refractivity (Wildman–Crippen MR) is 53.5 cm³/mol. The van der Waals surface area contributed by atoms with Gasteiger partial charge < -0.3 is 0 Å². The van der Waals surface area contributed by atoms with Crippen molar-refractivity contribution in [3.8, 4) is 0 Å². The average molecular weight is 183 g/mol. The van der Waals surface area contributed by atoms with Gasteiger partial charge in [0, 0.05) is 30.1 Å². The quantitative estimate of drug-likeness (QED) is 0.642. The molecule has 0 aromatic carbocycles. The highest BCUT2D eigenvalue weighted by Crippen LogP contribution is 2.43. The third kappa shape index (κ3) is 1.04. The van der Waals surface area contributed by atoms with Gasteiger partial charge in [-0.2, -0.15) is 11.8 Å². The molecule has 0 aromatic rings. The first-order valence-electron chi connectivity index (χ1n) is 5.18. The lowest BCUT2D eigenvalue weighted by molar-refractivity contribution is 0.0474. The molecule has 2 aliphatic heterocycles. The number of hydrogen-bond acceptors (Lipinski definition) is 2. The van der Waals surface area contributed by atoms with Crippen LogP contribution in [-0.2, 0) is 0 Å². The third-order valence-electron chi connectivity index (χ3n) is 3.76. The third-order valence-corrected chi connectivity index (χ3v) is 5.18. The maximum atomic E-state index is 2.72. The van der Waals surface area contributed by atoms with Gasteiger partial charge in [0.2, 0.25) is 0 Å². The van der Waals surface area contributed by atoms with E-state index in [9.17, 15) is 0 Å². The van der Waals surface area contributed by atoms with E-state index < -0.39 is 0 Å². The number of hydrogen-bond donors (Lipinski definition) is 0. The molecule has 0 N–H and O–H groups in total. The number of thioether (sulfide) groups is 1. The Bertz CT molecular complexity index is 188. The first-order chi connectivity index (χ1) is 5.83. The van der Waals surface area contributed by atoms with E-state index in [2.05, 4.69) is 23.6 Å². The van der Waals surface area contributed by atoms with Crippen molar-refractivity contribution in [1.29, 1.82) is 0 Å². The summed E-state index contributed by atoms with van der Waals surface area (Å²) in [6.45, 7) is 5.21. The minimum Gasteiger partial charge on any atom is -0.297 e. The van der Waals surface area contributed by atoms with Gasteiger partial charge in [-0.3, -0.25) is 4.90 Å². The van der Waals surface area contributed by atoms with Crippen LogP contribution in [0.1, 0.15) is 19.8 Å². The van der Waals surface area contributed by atoms with Gasteiger partial charge in [0.1, 0.15) is 0 Å². The van der Waals surface area contributed by atoms with Crippen molar-refractivity contribution in [1.82, 2.24) is 4.90 Å². The minimum absolute atomic E-state index is 1.01. The van der Waals surface area contributed by atoms with Crippen molar-refractivity contribution in [2.24, 2.45) is 11.8 Å². The Hall–Kier alpha value is 0.310. The van der Waals surface area contributed by atoms with Crippen molar-refractivity contribution in [2.75, 3.05) is 18.8 Å². The normalized spacial score (nSPS) is 51.8. The van der Waals surface area contributed by atoms with E-state index in [0.717, 1.165) is 23.1 Å². The standard InChI is InChI=1S/C10H17NS/c1-7-2-8(3-7)4-11-5-10-9(11)6-12-10/h7-10H,2-6H2,1H3/t7?,8?,9-,10?/m1/s1. The summed E-state index contributed by atoms with van der Waals surface area (Å²) in [7, 11) is 0. The molecule has 1 saturated carbocycles. The molecule has 0 aromatic heterocycles. The second kappa shape index (κ2) is 2.65. The van der Waals surface area contributed by atoms with E-state index in [1.165, 1.54) is 31.7 Å². The SMILES string of the molecule is CC1CC(CN2CC3SC[C@H]32)C1. The summed E-state index contributed by atoms with van der Waals surface area (Å²) in [5.41, 5.74) is 0. The summed E-state index contributed by atoms with van der Waals surface area (Å²) in [5, 5.41) is 1.04. The summed E-state index contributed by atoms with van der Waals surface area (Å²) in [4.78, 5) is 2.72. The van der Waals surface area contributed by atoms with Gasteiger partial charge in [-0.25, -0.2) is 0 Å². The van der Waals surface area contributed by atoms with Crippen LogP contribution >= 0.6 is 11.8 Å². The first-order valence-corrected chi connectivity index (χ1v) is 6.23.